The van der Waals surface area contributed by atoms with Crippen LogP contribution in [-0.4, -0.2) is 39.8 Å². The molecule has 28 heavy (non-hydrogen) atoms. The number of nitrogens with zero attached hydrogens (tertiary/aromatic N) is 4. The van der Waals surface area contributed by atoms with Gasteiger partial charge < -0.3 is 14.2 Å². The summed E-state index contributed by atoms with van der Waals surface area (Å²) in [6, 6.07) is 9.73. The predicted octanol–water partition coefficient (Wildman–Crippen LogP) is 3.65. The Morgan fingerprint density at radius 3 is 2.50 bits per heavy atom. The molecule has 0 unspecified atom stereocenters. The van der Waals surface area contributed by atoms with Crippen LogP contribution in [0.1, 0.15) is 6.42 Å². The standard InChI is InChI=1S/C21H18N4O3/c1-26-18-13-20-19(27-9-2-10-28-20)12-15(18)21-24-7-8-25(21)14-3-4-16-17(11-14)23-6-5-22-16/h3-8,11-13H,2,9-10H2,1H3. The quantitative estimate of drug-likeness (QED) is 0.545. The van der Waals surface area contributed by atoms with E-state index in [1.165, 1.54) is 0 Å². The molecule has 140 valence electrons. The van der Waals surface area contributed by atoms with Crippen molar-refractivity contribution in [1.82, 2.24) is 19.5 Å². The van der Waals surface area contributed by atoms with Crippen molar-refractivity contribution in [2.45, 2.75) is 6.42 Å². The molecule has 0 fully saturated rings. The van der Waals surface area contributed by atoms with Gasteiger partial charge in [-0.1, -0.05) is 0 Å². The number of methoxy groups -OCH3 is 1. The number of benzene rings is 2. The summed E-state index contributed by atoms with van der Waals surface area (Å²) in [5, 5.41) is 0. The number of fused-ring (bicyclic) bond motifs is 2. The van der Waals surface area contributed by atoms with Crippen LogP contribution in [0.25, 0.3) is 28.1 Å². The maximum Gasteiger partial charge on any atom is 0.164 e. The molecule has 0 bridgehead atoms. The average molecular weight is 374 g/mol. The van der Waals surface area contributed by atoms with E-state index in [1.54, 1.807) is 25.7 Å². The van der Waals surface area contributed by atoms with E-state index in [9.17, 15) is 0 Å². The third-order valence-corrected chi connectivity index (χ3v) is 4.68. The molecule has 7 heteroatoms. The van der Waals surface area contributed by atoms with E-state index < -0.39 is 0 Å². The maximum atomic E-state index is 5.85. The van der Waals surface area contributed by atoms with Gasteiger partial charge in [0.1, 0.15) is 11.6 Å². The number of rotatable bonds is 3. The molecule has 4 aromatic rings. The van der Waals surface area contributed by atoms with E-state index in [1.807, 2.05) is 41.1 Å². The molecule has 7 nitrogen and oxygen atoms in total. The Kier molecular flexibility index (Phi) is 4.05. The van der Waals surface area contributed by atoms with Crippen LogP contribution in [0.3, 0.4) is 0 Å². The number of ether oxygens (including phenoxy) is 3. The highest BCUT2D eigenvalue weighted by atomic mass is 16.5. The molecule has 1 aliphatic heterocycles. The van der Waals surface area contributed by atoms with E-state index in [4.69, 9.17) is 14.2 Å². The van der Waals surface area contributed by atoms with Crippen molar-refractivity contribution in [1.29, 1.82) is 0 Å². The lowest BCUT2D eigenvalue weighted by atomic mass is 10.1. The summed E-state index contributed by atoms with van der Waals surface area (Å²) in [6.45, 7) is 1.25. The van der Waals surface area contributed by atoms with Gasteiger partial charge in [-0.15, -0.1) is 0 Å². The lowest BCUT2D eigenvalue weighted by Gasteiger charge is -2.15. The lowest BCUT2D eigenvalue weighted by molar-refractivity contribution is 0.296. The molecule has 2 aromatic heterocycles. The molecule has 0 N–H and O–H groups in total. The Hall–Kier alpha value is -3.61. The summed E-state index contributed by atoms with van der Waals surface area (Å²) < 4.78 is 19.3. The summed E-state index contributed by atoms with van der Waals surface area (Å²) in [4.78, 5) is 13.3. The first-order valence-electron chi connectivity index (χ1n) is 9.06. The van der Waals surface area contributed by atoms with Crippen LogP contribution in [0, 0.1) is 0 Å². The fourth-order valence-corrected chi connectivity index (χ4v) is 3.35. The monoisotopic (exact) mass is 374 g/mol. The minimum absolute atomic E-state index is 0.622. The molecule has 0 atom stereocenters. The van der Waals surface area contributed by atoms with Crippen LogP contribution in [0.4, 0.5) is 0 Å². The van der Waals surface area contributed by atoms with Crippen molar-refractivity contribution in [3.63, 3.8) is 0 Å². The second-order valence-electron chi connectivity index (χ2n) is 6.40. The van der Waals surface area contributed by atoms with E-state index in [-0.39, 0.29) is 0 Å². The van der Waals surface area contributed by atoms with Crippen molar-refractivity contribution < 1.29 is 14.2 Å². The molecular weight excluding hydrogens is 356 g/mol. The van der Waals surface area contributed by atoms with Gasteiger partial charge in [0.15, 0.2) is 11.5 Å². The van der Waals surface area contributed by atoms with Crippen molar-refractivity contribution in [3.8, 4) is 34.3 Å². The summed E-state index contributed by atoms with van der Waals surface area (Å²) in [6.07, 6.45) is 7.90. The van der Waals surface area contributed by atoms with Gasteiger partial charge in [0.2, 0.25) is 0 Å². The van der Waals surface area contributed by atoms with Gasteiger partial charge in [0.25, 0.3) is 0 Å². The van der Waals surface area contributed by atoms with Gasteiger partial charge >= 0.3 is 0 Å². The van der Waals surface area contributed by atoms with Gasteiger partial charge in [-0.05, 0) is 24.3 Å². The second kappa shape index (κ2) is 6.84. The molecular formula is C21H18N4O3. The number of hydrogen-bond acceptors (Lipinski definition) is 6. The van der Waals surface area contributed by atoms with Crippen molar-refractivity contribution in [2.75, 3.05) is 20.3 Å². The van der Waals surface area contributed by atoms with Gasteiger partial charge in [-0.2, -0.15) is 0 Å². The summed E-state index contributed by atoms with van der Waals surface area (Å²) >= 11 is 0. The van der Waals surface area contributed by atoms with Crippen molar-refractivity contribution >= 4 is 11.0 Å². The molecule has 0 saturated heterocycles. The highest BCUT2D eigenvalue weighted by molar-refractivity contribution is 5.77. The molecule has 0 radical (unpaired) electrons. The van der Waals surface area contributed by atoms with Gasteiger partial charge in [0.05, 0.1) is 36.9 Å². The fraction of sp³-hybridized carbons (Fsp3) is 0.190. The number of imidazole rings is 1. The highest BCUT2D eigenvalue weighted by Crippen LogP contribution is 2.41. The molecule has 0 spiro atoms. The lowest BCUT2D eigenvalue weighted by Crippen LogP contribution is -2.00. The Bertz CT molecular complexity index is 1160. The molecule has 0 saturated carbocycles. The van der Waals surface area contributed by atoms with Gasteiger partial charge in [0, 0.05) is 43.0 Å². The first-order chi connectivity index (χ1) is 13.8. The van der Waals surface area contributed by atoms with Gasteiger partial charge in [-0.25, -0.2) is 4.98 Å². The molecule has 2 aromatic carbocycles. The minimum Gasteiger partial charge on any atom is -0.496 e. The van der Waals surface area contributed by atoms with Crippen molar-refractivity contribution in [2.24, 2.45) is 0 Å². The summed E-state index contributed by atoms with van der Waals surface area (Å²) in [5.41, 5.74) is 3.44. The Labute approximate surface area is 161 Å². The number of aromatic nitrogens is 4. The largest absolute Gasteiger partial charge is 0.496 e. The van der Waals surface area contributed by atoms with Gasteiger partial charge in [-0.3, -0.25) is 14.5 Å². The normalized spacial score (nSPS) is 13.3. The predicted molar refractivity (Wildman–Crippen MR) is 104 cm³/mol. The van der Waals surface area contributed by atoms with Crippen LogP contribution in [-0.2, 0) is 0 Å². The second-order valence-corrected chi connectivity index (χ2v) is 6.40. The van der Waals surface area contributed by atoms with Crippen LogP contribution in [0.2, 0.25) is 0 Å². The average Bonchev–Trinajstić information content (AvgIpc) is 3.11. The summed E-state index contributed by atoms with van der Waals surface area (Å²) in [5.74, 6) is 2.82. The third kappa shape index (κ3) is 2.81. The maximum absolute atomic E-state index is 5.85. The molecule has 3 heterocycles. The van der Waals surface area contributed by atoms with Crippen molar-refractivity contribution in [3.05, 3.63) is 55.1 Å². The fourth-order valence-electron chi connectivity index (χ4n) is 3.35. The zero-order valence-corrected chi connectivity index (χ0v) is 15.3. The van der Waals surface area contributed by atoms with E-state index >= 15 is 0 Å². The Morgan fingerprint density at radius 2 is 1.68 bits per heavy atom. The summed E-state index contributed by atoms with van der Waals surface area (Å²) in [7, 11) is 1.64. The van der Waals surface area contributed by atoms with E-state index in [0.717, 1.165) is 34.5 Å². The third-order valence-electron chi connectivity index (χ3n) is 4.68. The zero-order valence-electron chi connectivity index (χ0n) is 15.3. The zero-order chi connectivity index (χ0) is 18.9. The van der Waals surface area contributed by atoms with E-state index in [0.29, 0.717) is 30.5 Å². The first-order valence-corrected chi connectivity index (χ1v) is 9.06. The topological polar surface area (TPSA) is 71.3 Å². The van der Waals surface area contributed by atoms with Crippen LogP contribution < -0.4 is 14.2 Å². The van der Waals surface area contributed by atoms with E-state index in [2.05, 4.69) is 15.0 Å². The number of hydrogen-bond donors (Lipinski definition) is 0. The molecule has 1 aliphatic rings. The highest BCUT2D eigenvalue weighted by Gasteiger charge is 2.20. The smallest absolute Gasteiger partial charge is 0.164 e. The molecule has 5 rings (SSSR count). The molecule has 0 amide bonds. The Morgan fingerprint density at radius 1 is 0.893 bits per heavy atom. The molecule has 0 aliphatic carbocycles. The van der Waals surface area contributed by atoms with Crippen LogP contribution >= 0.6 is 0 Å². The minimum atomic E-state index is 0.622. The first kappa shape index (κ1) is 16.6. The van der Waals surface area contributed by atoms with Crippen LogP contribution in [0.5, 0.6) is 17.2 Å². The Balaban J connectivity index is 1.65. The SMILES string of the molecule is COc1cc2c(cc1-c1nccn1-c1ccc3nccnc3c1)OCCCO2. The van der Waals surface area contributed by atoms with Crippen LogP contribution in [0.15, 0.2) is 55.1 Å².